The van der Waals surface area contributed by atoms with E-state index in [4.69, 9.17) is 0 Å². The minimum atomic E-state index is -2.56. The quantitative estimate of drug-likeness (QED) is 0.696. The molecule has 0 bridgehead atoms. The second-order valence-electron chi connectivity index (χ2n) is 2.21. The second-order valence-corrected chi connectivity index (χ2v) is 2.21. The molecule has 11 heavy (non-hydrogen) atoms. The van der Waals surface area contributed by atoms with Gasteiger partial charge < -0.3 is 10.6 Å². The Balaban J connectivity index is 0. The fourth-order valence-electron chi connectivity index (χ4n) is 0.782. The van der Waals surface area contributed by atoms with E-state index >= 15 is 0 Å². The molecule has 0 unspecified atom stereocenters. The lowest BCUT2D eigenvalue weighted by atomic mass is 10.3. The van der Waals surface area contributed by atoms with Crippen molar-refractivity contribution >= 4 is 34.0 Å². The summed E-state index contributed by atoms with van der Waals surface area (Å²) >= 11 is 0. The molecule has 0 radical (unpaired) electrons. The van der Waals surface area contributed by atoms with Crippen molar-refractivity contribution in [1.82, 2.24) is 10.6 Å². The van der Waals surface area contributed by atoms with Gasteiger partial charge in [0.25, 0.3) is 5.92 Å². The van der Waals surface area contributed by atoms with Crippen LogP contribution < -0.4 is 10.6 Å². The van der Waals surface area contributed by atoms with E-state index in [1.165, 1.54) is 0 Å². The molecule has 1 saturated heterocycles. The number of hydrogen-bond acceptors (Lipinski definition) is 2. The molecule has 0 saturated carbocycles. The number of nitrogens with one attached hydrogen (secondary N) is 2. The average molecular weight is 298 g/mol. The van der Waals surface area contributed by atoms with Crippen molar-refractivity contribution in [3.63, 3.8) is 0 Å². The van der Waals surface area contributed by atoms with Gasteiger partial charge in [0, 0.05) is 13.1 Å². The summed E-state index contributed by atoms with van der Waals surface area (Å²) in [7, 11) is 0. The summed E-state index contributed by atoms with van der Waals surface area (Å²) in [6.07, 6.45) is 0. The van der Waals surface area contributed by atoms with Gasteiger partial charge in [-0.05, 0) is 0 Å². The molecule has 0 aliphatic carbocycles. The van der Waals surface area contributed by atoms with Crippen molar-refractivity contribution in [1.29, 1.82) is 0 Å². The van der Waals surface area contributed by atoms with E-state index in [9.17, 15) is 8.78 Å². The molecule has 1 aliphatic rings. The predicted molar refractivity (Wildman–Crippen MR) is 51.3 cm³/mol. The van der Waals surface area contributed by atoms with E-state index in [-0.39, 0.29) is 47.1 Å². The molecule has 0 aromatic heterocycles. The van der Waals surface area contributed by atoms with Crippen LogP contribution in [0.15, 0.2) is 0 Å². The maximum absolute atomic E-state index is 12.3. The van der Waals surface area contributed by atoms with E-state index < -0.39 is 5.92 Å². The van der Waals surface area contributed by atoms with E-state index in [2.05, 4.69) is 10.6 Å². The van der Waals surface area contributed by atoms with E-state index in [1.54, 1.807) is 0 Å². The van der Waals surface area contributed by atoms with Crippen LogP contribution in [0.5, 0.6) is 0 Å². The predicted octanol–water partition coefficient (Wildman–Crippen LogP) is 0.970. The van der Waals surface area contributed by atoms with Gasteiger partial charge in [0.2, 0.25) is 0 Å². The topological polar surface area (TPSA) is 24.1 Å². The van der Waals surface area contributed by atoms with Crippen LogP contribution in [0.2, 0.25) is 0 Å². The molecule has 2 N–H and O–H groups in total. The monoisotopic (exact) mass is 296 g/mol. The summed E-state index contributed by atoms with van der Waals surface area (Å²) in [6, 6.07) is 0. The van der Waals surface area contributed by atoms with Gasteiger partial charge >= 0.3 is 0 Å². The van der Waals surface area contributed by atoms with Crippen LogP contribution in [0, 0.1) is 0 Å². The van der Waals surface area contributed by atoms with Gasteiger partial charge in [-0.15, -0.1) is 34.0 Å². The number of halogens is 4. The Kier molecular flexibility index (Phi) is 8.15. The molecule has 0 spiro atoms. The summed E-state index contributed by atoms with van der Waals surface area (Å²) in [5.41, 5.74) is 0. The fraction of sp³-hybridized carbons (Fsp3) is 1.00. The van der Waals surface area contributed by atoms with Gasteiger partial charge in [-0.1, -0.05) is 0 Å². The third kappa shape index (κ3) is 5.95. The zero-order valence-electron chi connectivity index (χ0n) is 5.90. The molecular weight excluding hydrogens is 286 g/mol. The van der Waals surface area contributed by atoms with Crippen molar-refractivity contribution < 1.29 is 8.78 Å². The molecule has 0 amide bonds. The molecular formula is C5H12Br2F2N2. The highest BCUT2D eigenvalue weighted by atomic mass is 79.9. The third-order valence-electron chi connectivity index (χ3n) is 1.25. The number of hydrogen-bond donors (Lipinski definition) is 2. The molecule has 0 aromatic rings. The van der Waals surface area contributed by atoms with Crippen LogP contribution in [0.4, 0.5) is 8.78 Å². The SMILES string of the molecule is Br.Br.FC1(F)CNCCNC1. The molecule has 0 aromatic carbocycles. The third-order valence-corrected chi connectivity index (χ3v) is 1.25. The smallest absolute Gasteiger partial charge is 0.272 e. The Morgan fingerprint density at radius 3 is 1.64 bits per heavy atom. The first-order valence-electron chi connectivity index (χ1n) is 3.00. The maximum Gasteiger partial charge on any atom is 0.272 e. The van der Waals surface area contributed by atoms with Crippen LogP contribution in [0.1, 0.15) is 0 Å². The zero-order valence-corrected chi connectivity index (χ0v) is 9.33. The second kappa shape index (κ2) is 6.28. The Morgan fingerprint density at radius 2 is 1.27 bits per heavy atom. The summed E-state index contributed by atoms with van der Waals surface area (Å²) in [5, 5.41) is 5.25. The summed E-state index contributed by atoms with van der Waals surface area (Å²) in [5.74, 6) is -2.56. The Hall–Kier alpha value is 0.740. The average Bonchev–Trinajstić information content (AvgIpc) is 1.92. The lowest BCUT2D eigenvalue weighted by molar-refractivity contribution is 0.0104. The van der Waals surface area contributed by atoms with Gasteiger partial charge in [-0.2, -0.15) is 0 Å². The van der Waals surface area contributed by atoms with Crippen LogP contribution in [-0.2, 0) is 0 Å². The molecule has 70 valence electrons. The van der Waals surface area contributed by atoms with E-state index in [1.807, 2.05) is 0 Å². The van der Waals surface area contributed by atoms with Gasteiger partial charge in [0.1, 0.15) is 0 Å². The molecule has 1 aliphatic heterocycles. The highest BCUT2D eigenvalue weighted by Crippen LogP contribution is 2.10. The lowest BCUT2D eigenvalue weighted by Crippen LogP contribution is -2.35. The molecule has 1 fully saturated rings. The van der Waals surface area contributed by atoms with Crippen molar-refractivity contribution in [2.45, 2.75) is 5.92 Å². The van der Waals surface area contributed by atoms with Gasteiger partial charge in [0.05, 0.1) is 13.1 Å². The van der Waals surface area contributed by atoms with Gasteiger partial charge in [0.15, 0.2) is 0 Å². The van der Waals surface area contributed by atoms with Gasteiger partial charge in [-0.3, -0.25) is 0 Å². The Bertz CT molecular complexity index is 92.5. The molecule has 0 atom stereocenters. The first-order chi connectivity index (χ1) is 4.21. The van der Waals surface area contributed by atoms with Crippen molar-refractivity contribution in [2.75, 3.05) is 26.2 Å². The van der Waals surface area contributed by atoms with E-state index in [0.29, 0.717) is 13.1 Å². The Morgan fingerprint density at radius 1 is 0.909 bits per heavy atom. The molecule has 2 nitrogen and oxygen atoms in total. The van der Waals surface area contributed by atoms with Crippen molar-refractivity contribution in [3.8, 4) is 0 Å². The van der Waals surface area contributed by atoms with Crippen LogP contribution in [0.25, 0.3) is 0 Å². The van der Waals surface area contributed by atoms with E-state index in [0.717, 1.165) is 0 Å². The molecule has 1 rings (SSSR count). The minimum absolute atomic E-state index is 0. The highest BCUT2D eigenvalue weighted by Gasteiger charge is 2.28. The Labute approximate surface area is 85.6 Å². The zero-order chi connectivity index (χ0) is 6.74. The molecule has 1 heterocycles. The fourth-order valence-corrected chi connectivity index (χ4v) is 0.782. The number of alkyl halides is 2. The maximum atomic E-state index is 12.3. The van der Waals surface area contributed by atoms with Crippen LogP contribution >= 0.6 is 34.0 Å². The first-order valence-corrected chi connectivity index (χ1v) is 3.00. The molecule has 6 heteroatoms. The van der Waals surface area contributed by atoms with Crippen molar-refractivity contribution in [3.05, 3.63) is 0 Å². The lowest BCUT2D eigenvalue weighted by Gasteiger charge is -2.11. The highest BCUT2D eigenvalue weighted by molar-refractivity contribution is 8.93. The first kappa shape index (κ1) is 14.3. The summed E-state index contributed by atoms with van der Waals surface area (Å²) in [4.78, 5) is 0. The standard InChI is InChI=1S/C5H10F2N2.2BrH/c6-5(7)3-8-1-2-9-4-5;;/h8-9H,1-4H2;2*1H. The summed E-state index contributed by atoms with van der Waals surface area (Å²) < 4.78 is 24.7. The number of rotatable bonds is 0. The van der Waals surface area contributed by atoms with Gasteiger partial charge in [-0.25, -0.2) is 8.78 Å². The van der Waals surface area contributed by atoms with Crippen LogP contribution in [0.3, 0.4) is 0 Å². The minimum Gasteiger partial charge on any atom is -0.310 e. The van der Waals surface area contributed by atoms with Crippen LogP contribution in [-0.4, -0.2) is 32.1 Å². The summed E-state index contributed by atoms with van der Waals surface area (Å²) in [6.45, 7) is 0.880. The normalized spacial score (nSPS) is 22.4. The largest absolute Gasteiger partial charge is 0.310 e. The van der Waals surface area contributed by atoms with Crippen molar-refractivity contribution in [2.24, 2.45) is 0 Å².